The van der Waals surface area contributed by atoms with Crippen LogP contribution in [0.3, 0.4) is 0 Å². The van der Waals surface area contributed by atoms with Crippen LogP contribution in [0, 0.1) is 5.82 Å². The summed E-state index contributed by atoms with van der Waals surface area (Å²) in [6.07, 6.45) is 3.34. The first-order valence-corrected chi connectivity index (χ1v) is 10.0. The first-order valence-electron chi connectivity index (χ1n) is 8.52. The van der Waals surface area contributed by atoms with Crippen LogP contribution in [0.5, 0.6) is 0 Å². The minimum atomic E-state index is -3.43. The molecule has 25 heavy (non-hydrogen) atoms. The zero-order chi connectivity index (χ0) is 17.4. The monoisotopic (exact) mass is 361 g/mol. The van der Waals surface area contributed by atoms with Crippen molar-refractivity contribution in [3.05, 3.63) is 54.0 Å². The van der Waals surface area contributed by atoms with E-state index in [1.807, 2.05) is 29.2 Å². The van der Waals surface area contributed by atoms with Gasteiger partial charge in [0.15, 0.2) is 0 Å². The van der Waals surface area contributed by atoms with Gasteiger partial charge in [0.25, 0.3) is 0 Å². The van der Waals surface area contributed by atoms with E-state index in [4.69, 9.17) is 0 Å². The molecule has 3 heterocycles. The van der Waals surface area contributed by atoms with Crippen molar-refractivity contribution in [2.75, 3.05) is 28.8 Å². The van der Waals surface area contributed by atoms with Crippen molar-refractivity contribution < 1.29 is 12.8 Å². The number of piperidine rings is 1. The molecule has 0 amide bonds. The summed E-state index contributed by atoms with van der Waals surface area (Å²) in [6, 6.07) is 10.6. The van der Waals surface area contributed by atoms with Crippen molar-refractivity contribution in [3.63, 3.8) is 0 Å². The summed E-state index contributed by atoms with van der Waals surface area (Å²) in [5, 5.41) is -0.473. The van der Waals surface area contributed by atoms with E-state index in [2.05, 4.69) is 4.98 Å². The zero-order valence-corrected chi connectivity index (χ0v) is 14.6. The molecule has 0 aliphatic carbocycles. The van der Waals surface area contributed by atoms with Gasteiger partial charge in [-0.3, -0.25) is 4.31 Å². The van der Waals surface area contributed by atoms with Crippen molar-refractivity contribution in [2.24, 2.45) is 0 Å². The second-order valence-electron chi connectivity index (χ2n) is 6.54. The first kappa shape index (κ1) is 16.3. The highest BCUT2D eigenvalue weighted by atomic mass is 32.2. The molecule has 7 heteroatoms. The van der Waals surface area contributed by atoms with Crippen LogP contribution in [-0.2, 0) is 16.4 Å². The maximum absolute atomic E-state index is 13.2. The number of rotatable bonds is 3. The van der Waals surface area contributed by atoms with Gasteiger partial charge in [-0.15, -0.1) is 0 Å². The summed E-state index contributed by atoms with van der Waals surface area (Å²) < 4.78 is 41.0. The maximum Gasteiger partial charge on any atom is 0.239 e. The van der Waals surface area contributed by atoms with Gasteiger partial charge in [0.2, 0.25) is 10.0 Å². The molecular formula is C18H20FN3O2S. The smallest absolute Gasteiger partial charge is 0.239 e. The molecule has 1 fully saturated rings. The number of fused-ring (bicyclic) bond motifs is 1. The van der Waals surface area contributed by atoms with Crippen LogP contribution in [-0.4, -0.2) is 38.3 Å². The fourth-order valence-corrected chi connectivity index (χ4v) is 5.69. The highest BCUT2D eigenvalue weighted by molar-refractivity contribution is 7.93. The van der Waals surface area contributed by atoms with E-state index in [1.165, 1.54) is 12.3 Å². The normalized spacial score (nSPS) is 20.6. The largest absolute Gasteiger partial charge is 0.355 e. The molecule has 4 rings (SSSR count). The summed E-state index contributed by atoms with van der Waals surface area (Å²) in [5.41, 5.74) is 1.89. The van der Waals surface area contributed by atoms with Gasteiger partial charge in [0, 0.05) is 19.6 Å². The first-order chi connectivity index (χ1) is 12.1. The maximum atomic E-state index is 13.2. The highest BCUT2D eigenvalue weighted by Crippen LogP contribution is 2.33. The van der Waals surface area contributed by atoms with Gasteiger partial charge in [-0.05, 0) is 43.0 Å². The van der Waals surface area contributed by atoms with Crippen LogP contribution in [0.25, 0.3) is 0 Å². The van der Waals surface area contributed by atoms with Crippen LogP contribution in [0.4, 0.5) is 15.9 Å². The summed E-state index contributed by atoms with van der Waals surface area (Å²) in [4.78, 5) is 6.03. The van der Waals surface area contributed by atoms with Crippen LogP contribution in [0.2, 0.25) is 0 Å². The quantitative estimate of drug-likeness (QED) is 0.843. The number of aromatic nitrogens is 1. The molecule has 0 bridgehead atoms. The van der Waals surface area contributed by atoms with E-state index in [0.717, 1.165) is 30.6 Å². The van der Waals surface area contributed by atoms with Crippen molar-refractivity contribution in [2.45, 2.75) is 24.5 Å². The van der Waals surface area contributed by atoms with Gasteiger partial charge in [-0.25, -0.2) is 17.8 Å². The molecule has 1 saturated heterocycles. The van der Waals surface area contributed by atoms with Crippen molar-refractivity contribution in [1.29, 1.82) is 0 Å². The zero-order valence-electron chi connectivity index (χ0n) is 13.8. The van der Waals surface area contributed by atoms with E-state index in [-0.39, 0.29) is 0 Å². The molecule has 1 unspecified atom stereocenters. The topological polar surface area (TPSA) is 53.5 Å². The fraction of sp³-hybridized carbons (Fsp3) is 0.389. The molecule has 0 radical (unpaired) electrons. The van der Waals surface area contributed by atoms with Crippen LogP contribution in [0.15, 0.2) is 42.6 Å². The van der Waals surface area contributed by atoms with E-state index in [9.17, 15) is 12.8 Å². The number of halogens is 1. The summed E-state index contributed by atoms with van der Waals surface area (Å²) in [5.74, 6) is 0.238. The van der Waals surface area contributed by atoms with Crippen LogP contribution in [0.1, 0.15) is 18.4 Å². The summed E-state index contributed by atoms with van der Waals surface area (Å²) in [7, 11) is -3.43. The number of para-hydroxylation sites is 1. The molecule has 132 valence electrons. The molecular weight excluding hydrogens is 341 g/mol. The standard InChI is InChI=1S/C18H20FN3O2S/c19-15-7-8-18(20-12-15)21-10-3-5-16(13-21)25(23,24)22-11-9-14-4-1-2-6-17(14)22/h1-2,4,6-8,12,16H,3,5,9-11,13H2. The Morgan fingerprint density at radius 2 is 1.96 bits per heavy atom. The fourth-order valence-electron chi connectivity index (χ4n) is 3.70. The molecule has 5 nitrogen and oxygen atoms in total. The molecule has 1 aromatic carbocycles. The van der Waals surface area contributed by atoms with Gasteiger partial charge in [0.1, 0.15) is 11.6 Å². The van der Waals surface area contributed by atoms with E-state index in [1.54, 1.807) is 10.4 Å². The Hall–Kier alpha value is -2.15. The lowest BCUT2D eigenvalue weighted by atomic mass is 10.1. The summed E-state index contributed by atoms with van der Waals surface area (Å²) in [6.45, 7) is 1.63. The minimum Gasteiger partial charge on any atom is -0.355 e. The molecule has 0 N–H and O–H groups in total. The number of anilines is 2. The molecule has 1 atom stereocenters. The van der Waals surface area contributed by atoms with Gasteiger partial charge >= 0.3 is 0 Å². The molecule has 2 aromatic rings. The number of sulfonamides is 1. The average Bonchev–Trinajstić information content (AvgIpc) is 3.07. The van der Waals surface area contributed by atoms with Crippen molar-refractivity contribution >= 4 is 21.5 Å². The highest BCUT2D eigenvalue weighted by Gasteiger charge is 2.38. The number of hydrogen-bond acceptors (Lipinski definition) is 4. The predicted molar refractivity (Wildman–Crippen MR) is 95.8 cm³/mol. The molecule has 2 aliphatic heterocycles. The Morgan fingerprint density at radius 3 is 2.76 bits per heavy atom. The van der Waals surface area contributed by atoms with Crippen LogP contribution < -0.4 is 9.21 Å². The van der Waals surface area contributed by atoms with Gasteiger partial charge in [0.05, 0.1) is 17.1 Å². The lowest BCUT2D eigenvalue weighted by molar-refractivity contribution is 0.526. The molecule has 0 saturated carbocycles. The number of pyridine rings is 1. The molecule has 1 aromatic heterocycles. The second kappa shape index (κ2) is 6.29. The van der Waals surface area contributed by atoms with Crippen molar-refractivity contribution in [3.8, 4) is 0 Å². The Kier molecular flexibility index (Phi) is 4.11. The lowest BCUT2D eigenvalue weighted by Crippen LogP contribution is -2.48. The molecule has 0 spiro atoms. The Morgan fingerprint density at radius 1 is 1.12 bits per heavy atom. The lowest BCUT2D eigenvalue weighted by Gasteiger charge is -2.35. The van der Waals surface area contributed by atoms with Crippen LogP contribution >= 0.6 is 0 Å². The Balaban J connectivity index is 1.57. The van der Waals surface area contributed by atoms with Gasteiger partial charge in [-0.1, -0.05) is 18.2 Å². The Bertz CT molecular complexity index is 870. The third kappa shape index (κ3) is 2.97. The predicted octanol–water partition coefficient (Wildman–Crippen LogP) is 2.58. The molecule has 2 aliphatic rings. The third-order valence-corrected chi connectivity index (χ3v) is 7.21. The number of nitrogens with zero attached hydrogens (tertiary/aromatic N) is 3. The van der Waals surface area contributed by atoms with E-state index in [0.29, 0.717) is 25.3 Å². The third-order valence-electron chi connectivity index (χ3n) is 4.99. The number of hydrogen-bond donors (Lipinski definition) is 0. The Labute approximate surface area is 147 Å². The SMILES string of the molecule is O=S(=O)(C1CCCN(c2ccc(F)cn2)C1)N1CCc2ccccc21. The van der Waals surface area contributed by atoms with Gasteiger partial charge in [-0.2, -0.15) is 0 Å². The van der Waals surface area contributed by atoms with Gasteiger partial charge < -0.3 is 4.90 Å². The average molecular weight is 361 g/mol. The second-order valence-corrected chi connectivity index (χ2v) is 8.68. The minimum absolute atomic E-state index is 0.389. The van der Waals surface area contributed by atoms with Crippen molar-refractivity contribution in [1.82, 2.24) is 4.98 Å². The van der Waals surface area contributed by atoms with E-state index < -0.39 is 21.1 Å². The summed E-state index contributed by atoms with van der Waals surface area (Å²) >= 11 is 0. The number of benzene rings is 1. The van der Waals surface area contributed by atoms with E-state index >= 15 is 0 Å².